The second-order valence-electron chi connectivity index (χ2n) is 6.89. The van der Waals surface area contributed by atoms with Crippen LogP contribution in [0.25, 0.3) is 0 Å². The van der Waals surface area contributed by atoms with Crippen LogP contribution >= 0.6 is 0 Å². The van der Waals surface area contributed by atoms with Crippen molar-refractivity contribution in [2.24, 2.45) is 10.4 Å². The summed E-state index contributed by atoms with van der Waals surface area (Å²) >= 11 is 0. The summed E-state index contributed by atoms with van der Waals surface area (Å²) in [6.07, 6.45) is 4.82. The van der Waals surface area contributed by atoms with Gasteiger partial charge in [0.15, 0.2) is 5.96 Å². The maximum absolute atomic E-state index is 4.79. The van der Waals surface area contributed by atoms with Crippen molar-refractivity contribution in [3.05, 3.63) is 18.5 Å². The van der Waals surface area contributed by atoms with Gasteiger partial charge in [-0.1, -0.05) is 13.8 Å². The molecule has 1 N–H and O–H groups in total. The lowest BCUT2D eigenvalue weighted by Gasteiger charge is -2.62. The van der Waals surface area contributed by atoms with Crippen LogP contribution in [-0.4, -0.2) is 45.8 Å². The Kier molecular flexibility index (Phi) is 4.59. The van der Waals surface area contributed by atoms with Crippen molar-refractivity contribution in [3.63, 3.8) is 0 Å². The predicted molar refractivity (Wildman–Crippen MR) is 87.4 cm³/mol. The van der Waals surface area contributed by atoms with Crippen molar-refractivity contribution >= 4 is 5.96 Å². The van der Waals surface area contributed by atoms with E-state index in [0.717, 1.165) is 38.6 Å². The number of hydrogen-bond acceptors (Lipinski definition) is 2. The minimum atomic E-state index is 0.149. The Balaban J connectivity index is 1.91. The van der Waals surface area contributed by atoms with Crippen LogP contribution in [0.1, 0.15) is 41.0 Å². The zero-order chi connectivity index (χ0) is 15.5. The van der Waals surface area contributed by atoms with Gasteiger partial charge in [0, 0.05) is 49.5 Å². The summed E-state index contributed by atoms with van der Waals surface area (Å²) in [5.41, 5.74) is 0.480. The molecule has 1 aromatic heterocycles. The molecule has 118 valence electrons. The third kappa shape index (κ3) is 3.22. The van der Waals surface area contributed by atoms with Crippen molar-refractivity contribution in [2.45, 2.75) is 53.1 Å². The Morgan fingerprint density at radius 1 is 1.33 bits per heavy atom. The summed E-state index contributed by atoms with van der Waals surface area (Å²) in [5.74, 6) is 1.04. The van der Waals surface area contributed by atoms with Gasteiger partial charge in [-0.3, -0.25) is 9.67 Å². The van der Waals surface area contributed by atoms with E-state index in [0.29, 0.717) is 5.41 Å². The van der Waals surface area contributed by atoms with Crippen LogP contribution in [0.15, 0.2) is 23.5 Å². The Morgan fingerprint density at radius 3 is 2.62 bits per heavy atom. The lowest BCUT2D eigenvalue weighted by Crippen LogP contribution is -2.72. The molecule has 2 heterocycles. The van der Waals surface area contributed by atoms with E-state index in [9.17, 15) is 0 Å². The first kappa shape index (κ1) is 15.9. The monoisotopic (exact) mass is 291 g/mol. The molecule has 21 heavy (non-hydrogen) atoms. The zero-order valence-electron chi connectivity index (χ0n) is 14.1. The van der Waals surface area contributed by atoms with Gasteiger partial charge in [0.1, 0.15) is 0 Å². The van der Waals surface area contributed by atoms with Crippen LogP contribution in [0.2, 0.25) is 0 Å². The van der Waals surface area contributed by atoms with E-state index in [1.54, 1.807) is 0 Å². The minimum Gasteiger partial charge on any atom is -0.356 e. The van der Waals surface area contributed by atoms with E-state index in [2.05, 4.69) is 49.9 Å². The average molecular weight is 291 g/mol. The summed E-state index contributed by atoms with van der Waals surface area (Å²) in [5, 5.41) is 7.64. The van der Waals surface area contributed by atoms with Gasteiger partial charge in [-0.2, -0.15) is 5.10 Å². The number of aliphatic imine (C=N–C) groups is 1. The smallest absolute Gasteiger partial charge is 0.194 e. The highest BCUT2D eigenvalue weighted by atomic mass is 15.4. The lowest BCUT2D eigenvalue weighted by atomic mass is 9.65. The summed E-state index contributed by atoms with van der Waals surface area (Å²) in [6, 6.07) is 1.96. The van der Waals surface area contributed by atoms with Crippen molar-refractivity contribution in [3.8, 4) is 0 Å². The first-order valence-electron chi connectivity index (χ1n) is 7.92. The molecule has 1 aliphatic rings. The predicted octanol–water partition coefficient (Wildman–Crippen LogP) is 2.36. The quantitative estimate of drug-likeness (QED) is 0.514. The van der Waals surface area contributed by atoms with Crippen molar-refractivity contribution in [1.29, 1.82) is 0 Å². The van der Waals surface area contributed by atoms with E-state index in [4.69, 9.17) is 4.99 Å². The number of rotatable bonds is 5. The molecule has 0 unspecified atom stereocenters. The highest BCUT2D eigenvalue weighted by molar-refractivity contribution is 5.82. The molecule has 1 aliphatic heterocycles. The number of likely N-dealkylation sites (tertiary alicyclic amines) is 1. The standard InChI is InChI=1S/C16H29N5/c1-6-17-14(21-13-15(2,3)16(21,4)5)18-9-7-11-20-12-8-10-19-20/h8,10,12H,6-7,9,11,13H2,1-5H3,(H,17,18). The first-order valence-corrected chi connectivity index (χ1v) is 7.92. The fourth-order valence-corrected chi connectivity index (χ4v) is 2.65. The van der Waals surface area contributed by atoms with E-state index in [1.807, 2.05) is 23.1 Å². The number of hydrogen-bond donors (Lipinski definition) is 1. The molecule has 0 spiro atoms. The molecule has 0 saturated carbocycles. The third-order valence-corrected chi connectivity index (χ3v) is 4.84. The van der Waals surface area contributed by atoms with Gasteiger partial charge < -0.3 is 10.2 Å². The lowest BCUT2D eigenvalue weighted by molar-refractivity contribution is -0.0667. The molecule has 1 aromatic rings. The molecule has 1 fully saturated rings. The van der Waals surface area contributed by atoms with Gasteiger partial charge in [-0.15, -0.1) is 0 Å². The number of aryl methyl sites for hydroxylation is 1. The number of nitrogens with zero attached hydrogens (tertiary/aromatic N) is 4. The SMILES string of the molecule is CCNC(=NCCCn1cccn1)N1CC(C)(C)C1(C)C. The van der Waals surface area contributed by atoms with Crippen LogP contribution in [0, 0.1) is 5.41 Å². The van der Waals surface area contributed by atoms with E-state index < -0.39 is 0 Å². The Morgan fingerprint density at radius 2 is 2.10 bits per heavy atom. The van der Waals surface area contributed by atoms with Crippen LogP contribution in [0.4, 0.5) is 0 Å². The number of guanidine groups is 1. The summed E-state index contributed by atoms with van der Waals surface area (Å²) in [6.45, 7) is 15.1. The maximum atomic E-state index is 4.79. The van der Waals surface area contributed by atoms with Gasteiger partial charge in [-0.05, 0) is 33.3 Å². The van der Waals surface area contributed by atoms with Crippen LogP contribution in [0.3, 0.4) is 0 Å². The molecular weight excluding hydrogens is 262 g/mol. The van der Waals surface area contributed by atoms with Crippen LogP contribution < -0.4 is 5.32 Å². The zero-order valence-corrected chi connectivity index (χ0v) is 14.1. The molecule has 5 heteroatoms. The molecule has 0 aromatic carbocycles. The maximum Gasteiger partial charge on any atom is 0.194 e. The molecule has 0 radical (unpaired) electrons. The largest absolute Gasteiger partial charge is 0.356 e. The molecule has 2 rings (SSSR count). The number of nitrogens with one attached hydrogen (secondary N) is 1. The highest BCUT2D eigenvalue weighted by Crippen LogP contribution is 2.46. The second kappa shape index (κ2) is 6.08. The van der Waals surface area contributed by atoms with E-state index >= 15 is 0 Å². The second-order valence-corrected chi connectivity index (χ2v) is 6.89. The molecule has 0 aliphatic carbocycles. The highest BCUT2D eigenvalue weighted by Gasteiger charge is 2.53. The molecule has 0 amide bonds. The van der Waals surface area contributed by atoms with Crippen molar-refractivity contribution in [1.82, 2.24) is 20.0 Å². The summed E-state index contributed by atoms with van der Waals surface area (Å²) in [7, 11) is 0. The first-order chi connectivity index (χ1) is 9.88. The molecular formula is C16H29N5. The van der Waals surface area contributed by atoms with Gasteiger partial charge in [-0.25, -0.2) is 0 Å². The molecule has 1 saturated heterocycles. The Bertz CT molecular complexity index is 473. The van der Waals surface area contributed by atoms with Gasteiger partial charge in [0.2, 0.25) is 0 Å². The third-order valence-electron chi connectivity index (χ3n) is 4.84. The van der Waals surface area contributed by atoms with Crippen LogP contribution in [0.5, 0.6) is 0 Å². The Labute approximate surface area is 128 Å². The normalized spacial score (nSPS) is 20.2. The summed E-state index contributed by atoms with van der Waals surface area (Å²) in [4.78, 5) is 7.18. The molecule has 0 bridgehead atoms. The Hall–Kier alpha value is -1.52. The van der Waals surface area contributed by atoms with Gasteiger partial charge in [0.05, 0.1) is 0 Å². The fraction of sp³-hybridized carbons (Fsp3) is 0.750. The van der Waals surface area contributed by atoms with Crippen molar-refractivity contribution in [2.75, 3.05) is 19.6 Å². The average Bonchev–Trinajstić information content (AvgIpc) is 2.93. The van der Waals surface area contributed by atoms with E-state index in [-0.39, 0.29) is 5.54 Å². The van der Waals surface area contributed by atoms with Crippen LogP contribution in [-0.2, 0) is 6.54 Å². The number of aromatic nitrogens is 2. The van der Waals surface area contributed by atoms with Gasteiger partial charge >= 0.3 is 0 Å². The minimum absolute atomic E-state index is 0.149. The van der Waals surface area contributed by atoms with E-state index in [1.165, 1.54) is 0 Å². The molecule has 5 nitrogen and oxygen atoms in total. The fourth-order valence-electron chi connectivity index (χ4n) is 2.65. The van der Waals surface area contributed by atoms with Crippen molar-refractivity contribution < 1.29 is 0 Å². The van der Waals surface area contributed by atoms with Gasteiger partial charge in [0.25, 0.3) is 0 Å². The molecule has 0 atom stereocenters. The summed E-state index contributed by atoms with van der Waals surface area (Å²) < 4.78 is 1.96. The topological polar surface area (TPSA) is 45.5 Å².